The van der Waals surface area contributed by atoms with Crippen molar-refractivity contribution in [3.63, 3.8) is 0 Å². The summed E-state index contributed by atoms with van der Waals surface area (Å²) in [4.78, 5) is 24.5. The molecule has 0 radical (unpaired) electrons. The Morgan fingerprint density at radius 1 is 1.23 bits per heavy atom. The predicted octanol–water partition coefficient (Wildman–Crippen LogP) is 2.80. The minimum Gasteiger partial charge on any atom is -0.479 e. The summed E-state index contributed by atoms with van der Waals surface area (Å²) in [5, 5.41) is 21.7. The third-order valence-electron chi connectivity index (χ3n) is 8.79. The molecule has 1 aliphatic heterocycles. The molecule has 164 valence electrons. The fourth-order valence-corrected chi connectivity index (χ4v) is 7.80. The molecule has 2 N–H and O–H groups in total. The second-order valence-corrected chi connectivity index (χ2v) is 10.7. The summed E-state index contributed by atoms with van der Waals surface area (Å²) in [6, 6.07) is 0. The van der Waals surface area contributed by atoms with E-state index in [9.17, 15) is 19.8 Å². The van der Waals surface area contributed by atoms with E-state index in [1.807, 2.05) is 13.8 Å². The van der Waals surface area contributed by atoms with Crippen LogP contribution in [0, 0.1) is 28.6 Å². The Balaban J connectivity index is 1.61. The maximum absolute atomic E-state index is 15.4. The van der Waals surface area contributed by atoms with Crippen molar-refractivity contribution >= 4 is 11.8 Å². The number of allylic oxidation sites excluding steroid dienone is 4. The van der Waals surface area contributed by atoms with E-state index in [0.29, 0.717) is 12.0 Å². The van der Waals surface area contributed by atoms with Gasteiger partial charge in [-0.05, 0) is 62.7 Å². The maximum atomic E-state index is 15.4. The van der Waals surface area contributed by atoms with Gasteiger partial charge in [-0.2, -0.15) is 0 Å². The molecule has 0 spiro atoms. The molecular weight excluding hydrogens is 391 g/mol. The number of halogens is 1. The molecule has 0 aromatic heterocycles. The van der Waals surface area contributed by atoms with Gasteiger partial charge >= 0.3 is 5.97 Å². The first-order valence-electron chi connectivity index (χ1n) is 10.7. The summed E-state index contributed by atoms with van der Waals surface area (Å²) in [7, 11) is 0. The molecule has 4 fully saturated rings. The number of rotatable bonds is 1. The number of ketones is 1. The van der Waals surface area contributed by atoms with Gasteiger partial charge in [0.25, 0.3) is 0 Å². The molecule has 1 heterocycles. The van der Waals surface area contributed by atoms with Gasteiger partial charge in [0, 0.05) is 16.7 Å². The standard InChI is InChI=1S/C23H29FO6/c1-20(2)29-17-9-13-12-8-15(24)14-7-11(25)5-6-21(14,3)18(12)16(26)10-22(13,4)23(17,30-20)19(27)28/h5-7,12-13,15-18,26H,8-10H2,1-4H3,(H,27,28)/t12-,13-,15-,16-,17+,18+,21-,22-,23-/m0/s1. The molecule has 0 bridgehead atoms. The largest absolute Gasteiger partial charge is 0.479 e. The number of alkyl halides is 1. The Morgan fingerprint density at radius 2 is 1.93 bits per heavy atom. The molecule has 3 saturated carbocycles. The number of aliphatic hydroxyl groups is 1. The second kappa shape index (κ2) is 5.81. The van der Waals surface area contributed by atoms with E-state index in [2.05, 4.69) is 0 Å². The molecule has 0 aromatic rings. The normalized spacial score (nSPS) is 53.4. The summed E-state index contributed by atoms with van der Waals surface area (Å²) < 4.78 is 27.5. The molecule has 1 saturated heterocycles. The average Bonchev–Trinajstić information content (AvgIpc) is 3.03. The van der Waals surface area contributed by atoms with Crippen LogP contribution in [0.25, 0.3) is 0 Å². The lowest BCUT2D eigenvalue weighted by Gasteiger charge is -2.60. The van der Waals surface area contributed by atoms with E-state index in [1.54, 1.807) is 19.9 Å². The first-order valence-corrected chi connectivity index (χ1v) is 10.7. The molecule has 0 unspecified atom stereocenters. The van der Waals surface area contributed by atoms with Crippen molar-refractivity contribution in [1.82, 2.24) is 0 Å². The van der Waals surface area contributed by atoms with Crippen LogP contribution >= 0.6 is 0 Å². The van der Waals surface area contributed by atoms with Gasteiger partial charge in [-0.1, -0.05) is 19.9 Å². The quantitative estimate of drug-likeness (QED) is 0.678. The number of ether oxygens (including phenoxy) is 2. The summed E-state index contributed by atoms with van der Waals surface area (Å²) in [6.45, 7) is 7.15. The van der Waals surface area contributed by atoms with Crippen LogP contribution in [0.15, 0.2) is 23.8 Å². The summed E-state index contributed by atoms with van der Waals surface area (Å²) >= 11 is 0. The SMILES string of the molecule is CC1(C)O[C@@H]2C[C@H]3[C@@H]4C[C@H](F)C5=CC(=O)C=C[C@]5(C)[C@H]4[C@@H](O)C[C@]3(C)[C@]2(C(=O)O)O1. The fraction of sp³-hybridized carbons (Fsp3) is 0.739. The Labute approximate surface area is 175 Å². The van der Waals surface area contributed by atoms with Gasteiger partial charge < -0.3 is 19.7 Å². The molecule has 9 atom stereocenters. The number of aliphatic carboxylic acids is 1. The van der Waals surface area contributed by atoms with Gasteiger partial charge in [0.05, 0.1) is 6.10 Å². The van der Waals surface area contributed by atoms with Crippen LogP contribution < -0.4 is 0 Å². The zero-order chi connectivity index (χ0) is 21.9. The number of hydrogen-bond donors (Lipinski definition) is 2. The van der Waals surface area contributed by atoms with Gasteiger partial charge in [-0.15, -0.1) is 0 Å². The molecular formula is C23H29FO6. The Morgan fingerprint density at radius 3 is 2.60 bits per heavy atom. The zero-order valence-electron chi connectivity index (χ0n) is 17.7. The number of aliphatic hydroxyl groups excluding tert-OH is 1. The van der Waals surface area contributed by atoms with Gasteiger partial charge in [0.15, 0.2) is 17.2 Å². The van der Waals surface area contributed by atoms with E-state index in [4.69, 9.17) is 9.47 Å². The first kappa shape index (κ1) is 20.3. The molecule has 4 aliphatic carbocycles. The van der Waals surface area contributed by atoms with Crippen LogP contribution in [-0.2, 0) is 19.1 Å². The second-order valence-electron chi connectivity index (χ2n) is 10.7. The van der Waals surface area contributed by atoms with Crippen LogP contribution in [-0.4, -0.2) is 51.7 Å². The highest BCUT2D eigenvalue weighted by atomic mass is 19.1. The van der Waals surface area contributed by atoms with Crippen molar-refractivity contribution in [2.45, 2.75) is 76.7 Å². The van der Waals surface area contributed by atoms with Crippen LogP contribution in [0.5, 0.6) is 0 Å². The van der Waals surface area contributed by atoms with Gasteiger partial charge in [0.2, 0.25) is 0 Å². The van der Waals surface area contributed by atoms with Crippen molar-refractivity contribution in [1.29, 1.82) is 0 Å². The highest BCUT2D eigenvalue weighted by Gasteiger charge is 2.78. The number of carbonyl (C=O) groups excluding carboxylic acids is 1. The van der Waals surface area contributed by atoms with Crippen molar-refractivity contribution in [3.8, 4) is 0 Å². The Kier molecular flexibility index (Phi) is 3.94. The lowest BCUT2D eigenvalue weighted by molar-refractivity contribution is -0.234. The highest BCUT2D eigenvalue weighted by molar-refractivity contribution is 6.01. The monoisotopic (exact) mass is 420 g/mol. The first-order chi connectivity index (χ1) is 13.9. The smallest absolute Gasteiger partial charge is 0.339 e. The van der Waals surface area contributed by atoms with Crippen molar-refractivity contribution in [2.24, 2.45) is 28.6 Å². The number of carboxylic acid groups (broad SMARTS) is 1. The average molecular weight is 420 g/mol. The van der Waals surface area contributed by atoms with Crippen molar-refractivity contribution in [2.75, 3.05) is 0 Å². The molecule has 5 rings (SSSR count). The van der Waals surface area contributed by atoms with Crippen LogP contribution in [0.3, 0.4) is 0 Å². The van der Waals surface area contributed by atoms with Crippen LogP contribution in [0.1, 0.15) is 47.0 Å². The number of carbonyl (C=O) groups is 2. The molecule has 6 nitrogen and oxygen atoms in total. The molecule has 30 heavy (non-hydrogen) atoms. The highest BCUT2D eigenvalue weighted by Crippen LogP contribution is 2.70. The van der Waals surface area contributed by atoms with E-state index < -0.39 is 46.6 Å². The molecule has 0 amide bonds. The van der Waals surface area contributed by atoms with E-state index >= 15 is 4.39 Å². The predicted molar refractivity (Wildman–Crippen MR) is 104 cm³/mol. The van der Waals surface area contributed by atoms with E-state index in [1.165, 1.54) is 12.2 Å². The van der Waals surface area contributed by atoms with Crippen LogP contribution in [0.4, 0.5) is 4.39 Å². The number of fused-ring (bicyclic) bond motifs is 7. The van der Waals surface area contributed by atoms with E-state index in [0.717, 1.165) is 0 Å². The zero-order valence-corrected chi connectivity index (χ0v) is 17.7. The van der Waals surface area contributed by atoms with Gasteiger partial charge in [-0.25, -0.2) is 9.18 Å². The topological polar surface area (TPSA) is 93.1 Å². The lowest BCUT2D eigenvalue weighted by atomic mass is 9.46. The van der Waals surface area contributed by atoms with Gasteiger partial charge in [0.1, 0.15) is 12.3 Å². The van der Waals surface area contributed by atoms with Crippen LogP contribution in [0.2, 0.25) is 0 Å². The summed E-state index contributed by atoms with van der Waals surface area (Å²) in [6.07, 6.45) is 2.59. The van der Waals surface area contributed by atoms with E-state index in [-0.39, 0.29) is 36.4 Å². The lowest BCUT2D eigenvalue weighted by Crippen LogP contribution is -2.64. The van der Waals surface area contributed by atoms with Gasteiger partial charge in [-0.3, -0.25) is 4.79 Å². The number of carboxylic acids is 1. The molecule has 7 heteroatoms. The third kappa shape index (κ3) is 2.24. The number of hydrogen-bond acceptors (Lipinski definition) is 5. The molecule has 5 aliphatic rings. The van der Waals surface area contributed by atoms with Crippen molar-refractivity contribution < 1.29 is 33.7 Å². The summed E-state index contributed by atoms with van der Waals surface area (Å²) in [5.41, 5.74) is -2.82. The summed E-state index contributed by atoms with van der Waals surface area (Å²) in [5.74, 6) is -3.07. The van der Waals surface area contributed by atoms with Crippen molar-refractivity contribution in [3.05, 3.63) is 23.8 Å². The third-order valence-corrected chi connectivity index (χ3v) is 8.79. The Hall–Kier alpha value is -1.57. The maximum Gasteiger partial charge on any atom is 0.339 e. The Bertz CT molecular complexity index is 894. The fourth-order valence-electron chi connectivity index (χ4n) is 7.80. The minimum atomic E-state index is -1.58. The molecule has 0 aromatic carbocycles. The minimum absolute atomic E-state index is 0.163.